The van der Waals surface area contributed by atoms with Crippen molar-refractivity contribution in [1.29, 1.82) is 0 Å². The maximum atomic E-state index is 12.2. The molecule has 0 saturated heterocycles. The highest BCUT2D eigenvalue weighted by molar-refractivity contribution is 7.85. The summed E-state index contributed by atoms with van der Waals surface area (Å²) in [7, 11) is -6.46. The van der Waals surface area contributed by atoms with Crippen molar-refractivity contribution in [2.45, 2.75) is 19.1 Å². The Labute approximate surface area is 198 Å². The Morgan fingerprint density at radius 2 is 1.44 bits per heavy atom. The van der Waals surface area contributed by atoms with E-state index < -0.39 is 26.0 Å². The van der Waals surface area contributed by atoms with E-state index in [0.717, 1.165) is 0 Å². The van der Waals surface area contributed by atoms with Crippen molar-refractivity contribution in [2.24, 2.45) is 7.05 Å². The number of Topliss-reactive ketones (excluding diaryl/α,β-unsaturated/α-hetero) is 1. The van der Waals surface area contributed by atoms with Gasteiger partial charge in [-0.2, -0.15) is 16.8 Å². The molecule has 9 nitrogen and oxygen atoms in total. The molecular formula is C23H25NO8S2. The number of hydrogen-bond acceptors (Lipinski definition) is 6. The molecule has 34 heavy (non-hydrogen) atoms. The quantitative estimate of drug-likeness (QED) is 0.349. The van der Waals surface area contributed by atoms with E-state index in [0.29, 0.717) is 28.1 Å². The van der Waals surface area contributed by atoms with E-state index in [-0.39, 0.29) is 23.7 Å². The predicted octanol–water partition coefficient (Wildman–Crippen LogP) is 2.96. The predicted molar refractivity (Wildman–Crippen MR) is 127 cm³/mol. The molecule has 0 bridgehead atoms. The Kier molecular flexibility index (Phi) is 9.05. The third-order valence-corrected chi connectivity index (χ3v) is 6.17. The molecule has 0 aliphatic carbocycles. The molecule has 0 atom stereocenters. The van der Waals surface area contributed by atoms with Crippen LogP contribution in [0.3, 0.4) is 0 Å². The van der Waals surface area contributed by atoms with Gasteiger partial charge >= 0.3 is 0 Å². The van der Waals surface area contributed by atoms with E-state index in [4.69, 9.17) is 9.11 Å². The van der Waals surface area contributed by atoms with E-state index >= 15 is 0 Å². The third kappa shape index (κ3) is 8.67. The summed E-state index contributed by atoms with van der Waals surface area (Å²) in [4.78, 5) is 23.2. The minimum absolute atomic E-state index is 0.112. The van der Waals surface area contributed by atoms with E-state index in [1.807, 2.05) is 6.07 Å². The lowest BCUT2D eigenvalue weighted by Gasteiger charge is -2.04. The molecule has 0 radical (unpaired) electrons. The number of nitrogens with zero attached hydrogens (tertiary/aromatic N) is 1. The molecule has 3 rings (SSSR count). The van der Waals surface area contributed by atoms with Gasteiger partial charge in [0.05, 0.1) is 11.4 Å². The van der Waals surface area contributed by atoms with Gasteiger partial charge in [0.15, 0.2) is 11.6 Å². The van der Waals surface area contributed by atoms with Crippen LogP contribution >= 0.6 is 0 Å². The minimum atomic E-state index is -4.04. The molecule has 2 aromatic carbocycles. The molecule has 0 aliphatic rings. The van der Waals surface area contributed by atoms with Gasteiger partial charge in [-0.3, -0.25) is 18.7 Å². The molecule has 0 fully saturated rings. The van der Waals surface area contributed by atoms with Crippen molar-refractivity contribution in [1.82, 2.24) is 4.57 Å². The lowest BCUT2D eigenvalue weighted by Crippen LogP contribution is -2.09. The number of ketones is 2. The van der Waals surface area contributed by atoms with Gasteiger partial charge in [-0.1, -0.05) is 48.5 Å². The van der Waals surface area contributed by atoms with Crippen LogP contribution in [-0.2, 0) is 39.5 Å². The summed E-state index contributed by atoms with van der Waals surface area (Å²) in [5.74, 6) is -1.08. The number of aromatic nitrogens is 1. The lowest BCUT2D eigenvalue weighted by molar-refractivity contribution is 0.100. The van der Waals surface area contributed by atoms with Crippen molar-refractivity contribution in [2.75, 3.05) is 5.75 Å². The first-order valence-corrected chi connectivity index (χ1v) is 13.2. The average Bonchev–Trinajstić information content (AvgIpc) is 3.11. The Bertz CT molecular complexity index is 1380. The Hall–Kier alpha value is -3.12. The smallest absolute Gasteiger partial charge is 0.270 e. The van der Waals surface area contributed by atoms with Crippen LogP contribution in [-0.4, -0.2) is 47.8 Å². The van der Waals surface area contributed by atoms with Crippen LogP contribution in [0.25, 0.3) is 0 Å². The number of carbonyl (C=O) groups excluding carboxylic acids is 2. The standard InChI is InChI=1S/C15H14O4S.C8H11NO4S/c16-15(13-6-2-1-3-7-13)14-8-4-5-12(11-14)9-10-20(17,18)19;1-6(10)8-4-3-7(9(8)2)5-14(11,12)13/h1-8,11H,9-10H2,(H,17,18,19);3-4H,5H2,1-2H3,(H,11,12,13). The monoisotopic (exact) mass is 507 g/mol. The van der Waals surface area contributed by atoms with Crippen molar-refractivity contribution >= 4 is 31.8 Å². The molecule has 0 aliphatic heterocycles. The zero-order valence-electron chi connectivity index (χ0n) is 18.6. The van der Waals surface area contributed by atoms with Crippen LogP contribution in [0.5, 0.6) is 0 Å². The third-order valence-electron chi connectivity index (χ3n) is 4.79. The molecular weight excluding hydrogens is 482 g/mol. The molecule has 2 N–H and O–H groups in total. The van der Waals surface area contributed by atoms with Crippen LogP contribution in [0.2, 0.25) is 0 Å². The number of rotatable bonds is 8. The molecule has 0 spiro atoms. The molecule has 0 amide bonds. The highest BCUT2D eigenvalue weighted by Crippen LogP contribution is 2.13. The second-order valence-electron chi connectivity index (χ2n) is 7.48. The molecule has 1 aromatic heterocycles. The zero-order chi connectivity index (χ0) is 25.5. The van der Waals surface area contributed by atoms with E-state index in [1.54, 1.807) is 55.6 Å². The summed E-state index contributed by atoms with van der Waals surface area (Å²) < 4.78 is 61.5. The summed E-state index contributed by atoms with van der Waals surface area (Å²) in [6.45, 7) is 1.40. The maximum absolute atomic E-state index is 12.2. The number of benzene rings is 2. The number of hydrogen-bond donors (Lipinski definition) is 2. The van der Waals surface area contributed by atoms with Gasteiger partial charge < -0.3 is 4.57 Å². The second kappa shape index (κ2) is 11.3. The number of carbonyl (C=O) groups is 2. The summed E-state index contributed by atoms with van der Waals surface area (Å²) in [5.41, 5.74) is 2.59. The molecule has 182 valence electrons. The van der Waals surface area contributed by atoms with Crippen molar-refractivity contribution < 1.29 is 35.5 Å². The van der Waals surface area contributed by atoms with Gasteiger partial charge in [-0.15, -0.1) is 0 Å². The molecule has 1 heterocycles. The first-order valence-electron chi connectivity index (χ1n) is 10.0. The summed E-state index contributed by atoms with van der Waals surface area (Å²) in [6, 6.07) is 18.7. The van der Waals surface area contributed by atoms with Crippen molar-refractivity contribution in [3.8, 4) is 0 Å². The molecule has 0 unspecified atom stereocenters. The fourth-order valence-electron chi connectivity index (χ4n) is 3.11. The van der Waals surface area contributed by atoms with Gasteiger partial charge in [0, 0.05) is 30.8 Å². The normalized spacial score (nSPS) is 11.4. The summed E-state index contributed by atoms with van der Waals surface area (Å²) in [5, 5.41) is 0. The van der Waals surface area contributed by atoms with Gasteiger partial charge in [0.1, 0.15) is 5.75 Å². The minimum Gasteiger partial charge on any atom is -0.344 e. The Balaban J connectivity index is 0.000000257. The highest BCUT2D eigenvalue weighted by Gasteiger charge is 2.13. The van der Waals surface area contributed by atoms with Crippen molar-refractivity contribution in [3.63, 3.8) is 0 Å². The Morgan fingerprint density at radius 3 is 1.97 bits per heavy atom. The first-order chi connectivity index (χ1) is 15.8. The van der Waals surface area contributed by atoms with Crippen molar-refractivity contribution in [3.05, 3.63) is 94.8 Å². The van der Waals surface area contributed by atoms with Gasteiger partial charge in [0.2, 0.25) is 0 Å². The van der Waals surface area contributed by atoms with Gasteiger partial charge in [0.25, 0.3) is 20.2 Å². The average molecular weight is 508 g/mol. The van der Waals surface area contributed by atoms with Gasteiger partial charge in [-0.05, 0) is 30.2 Å². The maximum Gasteiger partial charge on any atom is 0.270 e. The van der Waals surface area contributed by atoms with Crippen LogP contribution in [0.4, 0.5) is 0 Å². The zero-order valence-corrected chi connectivity index (χ0v) is 20.2. The summed E-state index contributed by atoms with van der Waals surface area (Å²) >= 11 is 0. The fraction of sp³-hybridized carbons (Fsp3) is 0.217. The first kappa shape index (κ1) is 27.1. The van der Waals surface area contributed by atoms with E-state index in [2.05, 4.69) is 0 Å². The van der Waals surface area contributed by atoms with Crippen LogP contribution in [0, 0.1) is 0 Å². The fourth-order valence-corrected chi connectivity index (χ4v) is 4.27. The largest absolute Gasteiger partial charge is 0.344 e. The molecule has 0 saturated carbocycles. The summed E-state index contributed by atoms with van der Waals surface area (Å²) in [6.07, 6.45) is 0.175. The van der Waals surface area contributed by atoms with Gasteiger partial charge in [-0.25, -0.2) is 0 Å². The Morgan fingerprint density at radius 1 is 0.824 bits per heavy atom. The molecule has 3 aromatic rings. The second-order valence-corrected chi connectivity index (χ2v) is 10.5. The number of aryl methyl sites for hydroxylation is 1. The molecule has 11 heteroatoms. The lowest BCUT2D eigenvalue weighted by atomic mass is 10.0. The SMILES string of the molecule is CC(=O)c1ccc(CS(=O)(=O)O)n1C.O=C(c1ccccc1)c1cccc(CCS(=O)(=O)O)c1. The van der Waals surface area contributed by atoms with E-state index in [1.165, 1.54) is 23.6 Å². The highest BCUT2D eigenvalue weighted by atomic mass is 32.2. The van der Waals surface area contributed by atoms with Crippen LogP contribution in [0.1, 0.15) is 44.6 Å². The van der Waals surface area contributed by atoms with Crippen LogP contribution in [0.15, 0.2) is 66.7 Å². The topological polar surface area (TPSA) is 148 Å². The van der Waals surface area contributed by atoms with E-state index in [9.17, 15) is 26.4 Å². The van der Waals surface area contributed by atoms with Crippen LogP contribution < -0.4 is 0 Å².